The first-order chi connectivity index (χ1) is 16.4. The zero-order valence-corrected chi connectivity index (χ0v) is 18.6. The summed E-state index contributed by atoms with van der Waals surface area (Å²) >= 11 is 0. The molecule has 2 aliphatic rings. The molecule has 0 radical (unpaired) electrons. The van der Waals surface area contributed by atoms with E-state index in [1.807, 2.05) is 13.0 Å². The Labute approximate surface area is 196 Å². The van der Waals surface area contributed by atoms with Crippen molar-refractivity contribution in [1.29, 1.82) is 0 Å². The molecular formula is C26H23FN4O3. The SMILES string of the molecule is CC12CCC(=O)N1c1ccccc1C(=O)N2CC(=O)N(Cc1ccccn1)c1ccc(F)cc1. The van der Waals surface area contributed by atoms with Crippen LogP contribution in [0.4, 0.5) is 15.8 Å². The Kier molecular flexibility index (Phi) is 5.36. The molecule has 3 aromatic rings. The van der Waals surface area contributed by atoms with Crippen LogP contribution in [-0.2, 0) is 16.1 Å². The van der Waals surface area contributed by atoms with Crippen molar-refractivity contribution in [2.45, 2.75) is 32.0 Å². The second-order valence-electron chi connectivity index (χ2n) is 8.63. The van der Waals surface area contributed by atoms with Crippen LogP contribution in [0.25, 0.3) is 0 Å². The number of carbonyl (C=O) groups is 3. The minimum absolute atomic E-state index is 0.0798. The third-order valence-corrected chi connectivity index (χ3v) is 6.52. The quantitative estimate of drug-likeness (QED) is 0.584. The summed E-state index contributed by atoms with van der Waals surface area (Å²) in [6.07, 6.45) is 2.35. The number of nitrogens with zero attached hydrogens (tertiary/aromatic N) is 4. The Hall–Kier alpha value is -4.07. The maximum absolute atomic E-state index is 13.7. The van der Waals surface area contributed by atoms with Crippen molar-refractivity contribution < 1.29 is 18.8 Å². The van der Waals surface area contributed by atoms with Crippen LogP contribution in [0.15, 0.2) is 72.9 Å². The predicted octanol–water partition coefficient (Wildman–Crippen LogP) is 3.75. The summed E-state index contributed by atoms with van der Waals surface area (Å²) in [5.74, 6) is -1.15. The number of benzene rings is 2. The van der Waals surface area contributed by atoms with Crippen LogP contribution in [0.5, 0.6) is 0 Å². The number of halogens is 1. The van der Waals surface area contributed by atoms with Crippen molar-refractivity contribution >= 4 is 29.1 Å². The average Bonchev–Trinajstić information content (AvgIpc) is 3.16. The van der Waals surface area contributed by atoms with E-state index in [9.17, 15) is 18.8 Å². The smallest absolute Gasteiger partial charge is 0.258 e. The Balaban J connectivity index is 1.51. The van der Waals surface area contributed by atoms with Crippen LogP contribution < -0.4 is 9.80 Å². The van der Waals surface area contributed by atoms with Crippen LogP contribution in [0.2, 0.25) is 0 Å². The number of rotatable bonds is 5. The number of amides is 3. The summed E-state index contributed by atoms with van der Waals surface area (Å²) in [7, 11) is 0. The van der Waals surface area contributed by atoms with Gasteiger partial charge >= 0.3 is 0 Å². The number of anilines is 2. The lowest BCUT2D eigenvalue weighted by molar-refractivity contribution is -0.122. The zero-order chi connectivity index (χ0) is 23.9. The van der Waals surface area contributed by atoms with Gasteiger partial charge in [0.25, 0.3) is 5.91 Å². The van der Waals surface area contributed by atoms with Crippen LogP contribution >= 0.6 is 0 Å². The summed E-state index contributed by atoms with van der Waals surface area (Å²) in [4.78, 5) is 48.9. The highest BCUT2D eigenvalue weighted by molar-refractivity contribution is 6.11. The zero-order valence-electron chi connectivity index (χ0n) is 18.6. The molecule has 2 aromatic carbocycles. The normalized spacial score (nSPS) is 19.1. The topological polar surface area (TPSA) is 73.8 Å². The van der Waals surface area contributed by atoms with E-state index in [2.05, 4.69) is 4.98 Å². The van der Waals surface area contributed by atoms with Crippen molar-refractivity contribution in [3.63, 3.8) is 0 Å². The minimum Gasteiger partial charge on any atom is -0.306 e. The molecule has 5 rings (SSSR count). The molecular weight excluding hydrogens is 435 g/mol. The first-order valence-electron chi connectivity index (χ1n) is 11.1. The number of carbonyl (C=O) groups excluding carboxylic acids is 3. The van der Waals surface area contributed by atoms with E-state index < -0.39 is 11.5 Å². The van der Waals surface area contributed by atoms with Gasteiger partial charge in [-0.25, -0.2) is 4.39 Å². The van der Waals surface area contributed by atoms with Crippen LogP contribution in [0.3, 0.4) is 0 Å². The van der Waals surface area contributed by atoms with Gasteiger partial charge in [-0.15, -0.1) is 0 Å². The lowest BCUT2D eigenvalue weighted by Crippen LogP contribution is -2.64. The molecule has 7 nitrogen and oxygen atoms in total. The van der Waals surface area contributed by atoms with Crippen LogP contribution in [0, 0.1) is 5.82 Å². The number of hydrogen-bond donors (Lipinski definition) is 0. The lowest BCUT2D eigenvalue weighted by Gasteiger charge is -2.48. The fourth-order valence-electron chi connectivity index (χ4n) is 4.76. The molecule has 8 heteroatoms. The van der Waals surface area contributed by atoms with E-state index in [0.717, 1.165) is 0 Å². The molecule has 34 heavy (non-hydrogen) atoms. The lowest BCUT2D eigenvalue weighted by atomic mass is 9.98. The summed E-state index contributed by atoms with van der Waals surface area (Å²) < 4.78 is 13.6. The molecule has 0 saturated carbocycles. The maximum atomic E-state index is 13.7. The Morgan fingerprint density at radius 1 is 1.06 bits per heavy atom. The van der Waals surface area contributed by atoms with Crippen molar-refractivity contribution in [2.75, 3.05) is 16.3 Å². The second kappa shape index (κ2) is 8.37. The van der Waals surface area contributed by atoms with Gasteiger partial charge in [0.1, 0.15) is 18.0 Å². The molecule has 0 bridgehead atoms. The van der Waals surface area contributed by atoms with E-state index in [1.54, 1.807) is 47.5 Å². The van der Waals surface area contributed by atoms with Gasteiger partial charge in [-0.2, -0.15) is 0 Å². The third-order valence-electron chi connectivity index (χ3n) is 6.52. The molecule has 3 heterocycles. The highest BCUT2D eigenvalue weighted by Gasteiger charge is 2.53. The summed E-state index contributed by atoms with van der Waals surface area (Å²) in [6, 6.07) is 18.0. The van der Waals surface area contributed by atoms with Gasteiger partial charge in [-0.05, 0) is 61.9 Å². The van der Waals surface area contributed by atoms with Gasteiger partial charge in [-0.1, -0.05) is 18.2 Å². The van der Waals surface area contributed by atoms with Gasteiger partial charge in [-0.3, -0.25) is 24.3 Å². The molecule has 0 spiro atoms. The average molecular weight is 458 g/mol. The molecule has 1 unspecified atom stereocenters. The van der Waals surface area contributed by atoms with E-state index in [-0.39, 0.29) is 30.8 Å². The minimum atomic E-state index is -0.947. The molecule has 0 N–H and O–H groups in total. The van der Waals surface area contributed by atoms with Gasteiger partial charge in [0.15, 0.2) is 0 Å². The van der Waals surface area contributed by atoms with Gasteiger partial charge < -0.3 is 9.80 Å². The van der Waals surface area contributed by atoms with Crippen LogP contribution in [-0.4, -0.2) is 39.8 Å². The number of fused-ring (bicyclic) bond motifs is 3. The summed E-state index contributed by atoms with van der Waals surface area (Å²) in [5, 5.41) is 0. The van der Waals surface area contributed by atoms with E-state index in [0.29, 0.717) is 35.5 Å². The van der Waals surface area contributed by atoms with E-state index >= 15 is 0 Å². The molecule has 172 valence electrons. The van der Waals surface area contributed by atoms with Gasteiger partial charge in [0, 0.05) is 18.3 Å². The Bertz CT molecular complexity index is 1260. The molecule has 1 saturated heterocycles. The fraction of sp³-hybridized carbons (Fsp3) is 0.231. The molecule has 3 amide bonds. The summed E-state index contributed by atoms with van der Waals surface area (Å²) in [5.41, 5.74) is 1.16. The van der Waals surface area contributed by atoms with Crippen molar-refractivity contribution in [3.8, 4) is 0 Å². The van der Waals surface area contributed by atoms with Crippen LogP contribution in [0.1, 0.15) is 35.8 Å². The largest absolute Gasteiger partial charge is 0.306 e. The van der Waals surface area contributed by atoms with E-state index in [4.69, 9.17) is 0 Å². The number of aromatic nitrogens is 1. The second-order valence-corrected chi connectivity index (χ2v) is 8.63. The summed E-state index contributed by atoms with van der Waals surface area (Å²) in [6.45, 7) is 1.74. The molecule has 1 fully saturated rings. The fourth-order valence-corrected chi connectivity index (χ4v) is 4.76. The van der Waals surface area contributed by atoms with Gasteiger partial charge in [0.05, 0.1) is 23.5 Å². The molecule has 1 aromatic heterocycles. The predicted molar refractivity (Wildman–Crippen MR) is 124 cm³/mol. The first kappa shape index (κ1) is 21.8. The Morgan fingerprint density at radius 2 is 1.79 bits per heavy atom. The molecule has 1 atom stereocenters. The third kappa shape index (κ3) is 3.61. The molecule has 2 aliphatic heterocycles. The van der Waals surface area contributed by atoms with Gasteiger partial charge in [0.2, 0.25) is 11.8 Å². The monoisotopic (exact) mass is 458 g/mol. The standard InChI is InChI=1S/C26H23FN4O3/c1-26-14-13-23(32)31(26)22-8-3-2-7-21(22)25(34)30(26)17-24(33)29(16-19-6-4-5-15-28-19)20-11-9-18(27)10-12-20/h2-12,15H,13-14,16-17H2,1H3. The van der Waals surface area contributed by atoms with Crippen molar-refractivity contribution in [2.24, 2.45) is 0 Å². The number of hydrogen-bond acceptors (Lipinski definition) is 4. The highest BCUT2D eigenvalue weighted by atomic mass is 19.1. The van der Waals surface area contributed by atoms with E-state index in [1.165, 1.54) is 34.1 Å². The number of para-hydroxylation sites is 1. The van der Waals surface area contributed by atoms with Crippen molar-refractivity contribution in [1.82, 2.24) is 9.88 Å². The highest BCUT2D eigenvalue weighted by Crippen LogP contribution is 2.44. The van der Waals surface area contributed by atoms with Crippen molar-refractivity contribution in [3.05, 3.63) is 90.0 Å². The first-order valence-corrected chi connectivity index (χ1v) is 11.1. The Morgan fingerprint density at radius 3 is 2.53 bits per heavy atom. The number of pyridine rings is 1. The maximum Gasteiger partial charge on any atom is 0.258 e. The molecule has 0 aliphatic carbocycles.